The SMILES string of the molecule is C=C(CN1CC2CCC(C1)O2)C(=O)NCc1cccc([C@@H]2c3cnn(-c4ccccc4)c3N(CC)C(=O)[C@H]2NC(=O)c2ccn(C(F)(F)F)n2)c1. The first-order valence-electron chi connectivity index (χ1n) is 16.8. The van der Waals surface area contributed by atoms with Crippen molar-refractivity contribution in [2.24, 2.45) is 0 Å². The number of aromatic nitrogens is 4. The number of benzene rings is 2. The Morgan fingerprint density at radius 1 is 1.04 bits per heavy atom. The predicted molar refractivity (Wildman–Crippen MR) is 180 cm³/mol. The number of rotatable bonds is 10. The summed E-state index contributed by atoms with van der Waals surface area (Å²) in [6.07, 6.45) is -0.0787. The van der Waals surface area contributed by atoms with Crippen LogP contribution in [0.1, 0.15) is 52.9 Å². The van der Waals surface area contributed by atoms with Gasteiger partial charge in [0.15, 0.2) is 0 Å². The Balaban J connectivity index is 1.17. The molecule has 0 saturated carbocycles. The minimum absolute atomic E-state index is 0.170. The van der Waals surface area contributed by atoms with Crippen LogP contribution >= 0.6 is 0 Å². The van der Waals surface area contributed by atoms with Gasteiger partial charge in [-0.1, -0.05) is 49.0 Å². The summed E-state index contributed by atoms with van der Waals surface area (Å²) in [5.41, 5.74) is 2.65. The molecule has 3 aliphatic heterocycles. The Morgan fingerprint density at radius 2 is 1.78 bits per heavy atom. The van der Waals surface area contributed by atoms with E-state index in [-0.39, 0.29) is 35.9 Å². The van der Waals surface area contributed by atoms with Crippen LogP contribution < -0.4 is 15.5 Å². The van der Waals surface area contributed by atoms with Gasteiger partial charge in [0.05, 0.1) is 24.1 Å². The van der Waals surface area contributed by atoms with Crippen LogP contribution in [-0.2, 0) is 27.2 Å². The van der Waals surface area contributed by atoms with Crippen molar-refractivity contribution >= 4 is 23.5 Å². The minimum atomic E-state index is -4.81. The van der Waals surface area contributed by atoms with Crippen LogP contribution in [0.2, 0.25) is 0 Å². The van der Waals surface area contributed by atoms with Gasteiger partial charge in [0.1, 0.15) is 17.6 Å². The molecular weight excluding hydrogens is 665 g/mol. The van der Waals surface area contributed by atoms with Gasteiger partial charge in [-0.3, -0.25) is 24.2 Å². The van der Waals surface area contributed by atoms with Gasteiger partial charge in [-0.05, 0) is 49.1 Å². The molecule has 0 radical (unpaired) electrons. The molecule has 4 aromatic rings. The highest BCUT2D eigenvalue weighted by Crippen LogP contribution is 2.41. The summed E-state index contributed by atoms with van der Waals surface area (Å²) in [4.78, 5) is 44.5. The number of anilines is 1. The minimum Gasteiger partial charge on any atom is -0.372 e. The van der Waals surface area contributed by atoms with Gasteiger partial charge in [0.25, 0.3) is 11.8 Å². The number of carbonyl (C=O) groups is 3. The van der Waals surface area contributed by atoms with Crippen molar-refractivity contribution in [3.05, 3.63) is 108 Å². The van der Waals surface area contributed by atoms with E-state index in [9.17, 15) is 27.6 Å². The van der Waals surface area contributed by atoms with Crippen molar-refractivity contribution in [1.29, 1.82) is 0 Å². The van der Waals surface area contributed by atoms with Crippen LogP contribution in [0.15, 0.2) is 85.2 Å². The summed E-state index contributed by atoms with van der Waals surface area (Å²) in [5, 5.41) is 13.7. The number of nitrogens with one attached hydrogen (secondary N) is 2. The summed E-state index contributed by atoms with van der Waals surface area (Å²) in [5.74, 6) is -1.96. The number of ether oxygens (including phenoxy) is 1. The monoisotopic (exact) mass is 702 g/mol. The highest BCUT2D eigenvalue weighted by atomic mass is 19.4. The van der Waals surface area contributed by atoms with Crippen molar-refractivity contribution in [2.75, 3.05) is 31.1 Å². The topological polar surface area (TPSA) is 127 Å². The summed E-state index contributed by atoms with van der Waals surface area (Å²) in [6, 6.07) is 16.3. The molecule has 2 bridgehead atoms. The first-order valence-corrected chi connectivity index (χ1v) is 16.8. The molecule has 4 atom stereocenters. The van der Waals surface area contributed by atoms with Crippen molar-refractivity contribution in [1.82, 2.24) is 35.1 Å². The molecule has 5 heterocycles. The molecular formula is C36H37F3N8O4. The first-order chi connectivity index (χ1) is 24.5. The van der Waals surface area contributed by atoms with E-state index < -0.39 is 35.8 Å². The predicted octanol–water partition coefficient (Wildman–Crippen LogP) is 3.88. The lowest BCUT2D eigenvalue weighted by Crippen LogP contribution is -2.55. The van der Waals surface area contributed by atoms with Crippen molar-refractivity contribution < 1.29 is 32.3 Å². The average Bonchev–Trinajstić information content (AvgIpc) is 3.87. The molecule has 2 aromatic heterocycles. The van der Waals surface area contributed by atoms with Gasteiger partial charge in [-0.25, -0.2) is 4.68 Å². The van der Waals surface area contributed by atoms with Crippen molar-refractivity contribution in [3.63, 3.8) is 0 Å². The Kier molecular flexibility index (Phi) is 9.25. The lowest BCUT2D eigenvalue weighted by molar-refractivity contribution is -0.212. The number of alkyl halides is 3. The molecule has 266 valence electrons. The summed E-state index contributed by atoms with van der Waals surface area (Å²) < 4.78 is 47.1. The molecule has 3 amide bonds. The summed E-state index contributed by atoms with van der Waals surface area (Å²) in [6.45, 7) is 8.19. The van der Waals surface area contributed by atoms with Crippen LogP contribution in [0.3, 0.4) is 0 Å². The van der Waals surface area contributed by atoms with Crippen LogP contribution in [0.4, 0.5) is 19.0 Å². The van der Waals surface area contributed by atoms with Crippen LogP contribution in [-0.4, -0.2) is 86.6 Å². The second-order valence-electron chi connectivity index (χ2n) is 13.0. The number of fused-ring (bicyclic) bond motifs is 3. The fourth-order valence-electron chi connectivity index (χ4n) is 7.19. The van der Waals surface area contributed by atoms with E-state index in [1.54, 1.807) is 29.9 Å². The van der Waals surface area contributed by atoms with Gasteiger partial charge in [0.2, 0.25) is 5.91 Å². The molecule has 2 fully saturated rings. The Labute approximate surface area is 291 Å². The van der Waals surface area contributed by atoms with E-state index in [0.717, 1.165) is 37.6 Å². The smallest absolute Gasteiger partial charge is 0.372 e. The van der Waals surface area contributed by atoms with Crippen molar-refractivity contribution in [2.45, 2.75) is 56.8 Å². The van der Waals surface area contributed by atoms with E-state index in [1.807, 2.05) is 42.5 Å². The number of amides is 3. The molecule has 3 aliphatic rings. The molecule has 12 nitrogen and oxygen atoms in total. The number of morpholine rings is 1. The second kappa shape index (κ2) is 13.8. The number of para-hydroxylation sites is 1. The van der Waals surface area contributed by atoms with Gasteiger partial charge >= 0.3 is 6.30 Å². The maximum absolute atomic E-state index is 14.3. The zero-order valence-electron chi connectivity index (χ0n) is 27.8. The number of carbonyl (C=O) groups excluding carboxylic acids is 3. The Hall–Kier alpha value is -5.28. The normalized spacial score (nSPS) is 21.7. The van der Waals surface area contributed by atoms with Gasteiger partial charge in [0, 0.05) is 56.0 Å². The number of hydrogen-bond acceptors (Lipinski definition) is 7. The van der Waals surface area contributed by atoms with Gasteiger partial charge < -0.3 is 15.4 Å². The Morgan fingerprint density at radius 3 is 2.47 bits per heavy atom. The summed E-state index contributed by atoms with van der Waals surface area (Å²) >= 11 is 0. The lowest BCUT2D eigenvalue weighted by atomic mass is 9.82. The third-order valence-corrected chi connectivity index (χ3v) is 9.53. The number of halogens is 3. The standard InChI is InChI=1S/C36H37F3N8O4/c1-3-45-34-28(18-41-47(34)25-10-5-4-6-11-25)30(31(35(45)50)42-33(49)29-14-15-46(43-29)36(37,38)39)24-9-7-8-23(16-24)17-40-32(48)22(2)19-44-20-26-12-13-27(21-44)51-26/h4-11,14-16,18,26-27,30-31H,2-3,12-13,17,19-21H2,1H3,(H,40,48)(H,42,49)/t26?,27?,30-,31+/m1/s1. The van der Waals surface area contributed by atoms with Gasteiger partial charge in [-0.15, -0.1) is 13.2 Å². The van der Waals surface area contributed by atoms with Crippen LogP contribution in [0.5, 0.6) is 0 Å². The highest BCUT2D eigenvalue weighted by Gasteiger charge is 2.45. The Bertz CT molecular complexity index is 1950. The second-order valence-corrected chi connectivity index (χ2v) is 13.0. The molecule has 51 heavy (non-hydrogen) atoms. The first kappa shape index (κ1) is 34.2. The highest BCUT2D eigenvalue weighted by molar-refractivity contribution is 6.04. The molecule has 2 unspecified atom stereocenters. The third kappa shape index (κ3) is 6.90. The van der Waals surface area contributed by atoms with E-state index in [4.69, 9.17) is 4.74 Å². The van der Waals surface area contributed by atoms with E-state index in [2.05, 4.69) is 32.3 Å². The molecule has 2 saturated heterocycles. The third-order valence-electron chi connectivity index (χ3n) is 9.53. The van der Waals surface area contributed by atoms with Crippen molar-refractivity contribution in [3.8, 4) is 5.69 Å². The molecule has 0 spiro atoms. The average molecular weight is 703 g/mol. The molecule has 0 aliphatic carbocycles. The fraction of sp³-hybridized carbons (Fsp3) is 0.361. The zero-order chi connectivity index (χ0) is 35.9. The number of likely N-dealkylation sites (N-methyl/N-ethyl adjacent to an activating group) is 1. The van der Waals surface area contributed by atoms with Crippen LogP contribution in [0.25, 0.3) is 5.69 Å². The van der Waals surface area contributed by atoms with E-state index in [0.29, 0.717) is 40.9 Å². The molecule has 2 N–H and O–H groups in total. The quantitative estimate of drug-likeness (QED) is 0.241. The number of likely N-dealkylation sites (tertiary alicyclic amines) is 1. The number of hydrogen-bond donors (Lipinski definition) is 2. The maximum atomic E-state index is 14.3. The summed E-state index contributed by atoms with van der Waals surface area (Å²) in [7, 11) is 0. The fourth-order valence-corrected chi connectivity index (χ4v) is 7.19. The number of nitrogens with zero attached hydrogens (tertiary/aromatic N) is 6. The molecule has 7 rings (SSSR count). The van der Waals surface area contributed by atoms with E-state index >= 15 is 0 Å². The molecule has 2 aromatic carbocycles. The van der Waals surface area contributed by atoms with E-state index in [1.165, 1.54) is 4.90 Å². The largest absolute Gasteiger partial charge is 0.504 e. The van der Waals surface area contributed by atoms with Crippen LogP contribution in [0, 0.1) is 0 Å². The molecule has 15 heteroatoms. The van der Waals surface area contributed by atoms with Gasteiger partial charge in [-0.2, -0.15) is 14.9 Å². The lowest BCUT2D eigenvalue weighted by Gasteiger charge is -2.38. The maximum Gasteiger partial charge on any atom is 0.504 e. The zero-order valence-corrected chi connectivity index (χ0v) is 27.8.